The van der Waals surface area contributed by atoms with Gasteiger partial charge >= 0.3 is 5.97 Å². The lowest BCUT2D eigenvalue weighted by molar-refractivity contribution is -0.158. The van der Waals surface area contributed by atoms with Crippen LogP contribution in [-0.2, 0) is 19.9 Å². The van der Waals surface area contributed by atoms with Crippen LogP contribution in [-0.4, -0.2) is 23.4 Å². The molecule has 1 aliphatic rings. The summed E-state index contributed by atoms with van der Waals surface area (Å²) in [7, 11) is 0. The zero-order valence-corrected chi connectivity index (χ0v) is 21.4. The van der Waals surface area contributed by atoms with Crippen LogP contribution in [0.25, 0.3) is 11.1 Å². The summed E-state index contributed by atoms with van der Waals surface area (Å²) in [5, 5.41) is 3.75. The van der Waals surface area contributed by atoms with E-state index in [-0.39, 0.29) is 11.8 Å². The van der Waals surface area contributed by atoms with Gasteiger partial charge in [0.25, 0.3) is 0 Å². The van der Waals surface area contributed by atoms with E-state index in [1.807, 2.05) is 63.2 Å². The summed E-state index contributed by atoms with van der Waals surface area (Å²) in [6, 6.07) is 26.2. The van der Waals surface area contributed by atoms with Crippen molar-refractivity contribution in [3.63, 3.8) is 0 Å². The summed E-state index contributed by atoms with van der Waals surface area (Å²) in [6.07, 6.45) is 3.46. The number of allylic oxidation sites excluding steroid dienone is 1. The van der Waals surface area contributed by atoms with Crippen molar-refractivity contribution in [2.24, 2.45) is 0 Å². The smallest absolute Gasteiger partial charge is 0.323 e. The lowest BCUT2D eigenvalue weighted by Gasteiger charge is -2.38. The van der Waals surface area contributed by atoms with Crippen LogP contribution in [0, 0.1) is 0 Å². The molecular weight excluding hydrogens is 446 g/mol. The van der Waals surface area contributed by atoms with Gasteiger partial charge < -0.3 is 4.74 Å². The molecule has 0 unspecified atom stereocenters. The maximum Gasteiger partial charge on any atom is 0.323 e. The van der Waals surface area contributed by atoms with Crippen LogP contribution in [0.5, 0.6) is 0 Å². The standard InChI is InChI=1S/C32H35NO3/c1-5-6-16-24(34)21-22-29(30(35)36-31(2,3)4)33-32(23-14-8-7-9-15-23)27-19-12-10-17-25(27)26-18-11-13-20-28(26)32/h5,7-15,17-20,29,33H,1,6,16,21-22H2,2-4H3/t29-/m1/s1. The molecule has 0 spiro atoms. The van der Waals surface area contributed by atoms with E-state index in [0.29, 0.717) is 25.7 Å². The number of rotatable bonds is 10. The Labute approximate surface area is 214 Å². The molecule has 0 bridgehead atoms. The Morgan fingerprint density at radius 2 is 1.44 bits per heavy atom. The minimum atomic E-state index is -0.764. The van der Waals surface area contributed by atoms with E-state index in [0.717, 1.165) is 27.8 Å². The average Bonchev–Trinajstić information content (AvgIpc) is 3.15. The van der Waals surface area contributed by atoms with E-state index < -0.39 is 17.2 Å². The Morgan fingerprint density at radius 1 is 0.889 bits per heavy atom. The molecule has 1 N–H and O–H groups in total. The van der Waals surface area contributed by atoms with Crippen molar-refractivity contribution in [2.45, 2.75) is 63.6 Å². The fourth-order valence-electron chi connectivity index (χ4n) is 5.05. The fourth-order valence-corrected chi connectivity index (χ4v) is 5.05. The van der Waals surface area contributed by atoms with E-state index in [1.165, 1.54) is 0 Å². The van der Waals surface area contributed by atoms with Gasteiger partial charge in [-0.25, -0.2) is 0 Å². The van der Waals surface area contributed by atoms with E-state index in [1.54, 1.807) is 6.08 Å². The third-order valence-electron chi connectivity index (χ3n) is 6.58. The topological polar surface area (TPSA) is 55.4 Å². The van der Waals surface area contributed by atoms with Crippen LogP contribution in [0.15, 0.2) is 91.5 Å². The summed E-state index contributed by atoms with van der Waals surface area (Å²) in [5.74, 6) is -0.234. The SMILES string of the molecule is C=CCCC(=O)CC[C@@H](NC1(c2ccccc2)c2ccccc2-c2ccccc21)C(=O)OC(C)(C)C. The number of benzene rings is 3. The van der Waals surface area contributed by atoms with Crippen molar-refractivity contribution in [1.82, 2.24) is 5.32 Å². The van der Waals surface area contributed by atoms with Crippen LogP contribution < -0.4 is 5.32 Å². The Bertz CT molecular complexity index is 1190. The van der Waals surface area contributed by atoms with Gasteiger partial charge in [0.2, 0.25) is 0 Å². The van der Waals surface area contributed by atoms with E-state index in [9.17, 15) is 9.59 Å². The lowest BCUT2D eigenvalue weighted by atomic mass is 9.79. The summed E-state index contributed by atoms with van der Waals surface area (Å²) in [5.41, 5.74) is 4.07. The monoisotopic (exact) mass is 481 g/mol. The maximum absolute atomic E-state index is 13.6. The first-order chi connectivity index (χ1) is 17.3. The molecule has 36 heavy (non-hydrogen) atoms. The molecule has 0 aliphatic heterocycles. The highest BCUT2D eigenvalue weighted by molar-refractivity contribution is 5.85. The Hall–Kier alpha value is -3.50. The van der Waals surface area contributed by atoms with Crippen LogP contribution in [0.4, 0.5) is 0 Å². The lowest BCUT2D eigenvalue weighted by Crippen LogP contribution is -2.53. The second-order valence-electron chi connectivity index (χ2n) is 10.3. The van der Waals surface area contributed by atoms with Crippen molar-refractivity contribution < 1.29 is 14.3 Å². The predicted molar refractivity (Wildman–Crippen MR) is 145 cm³/mol. The molecule has 0 amide bonds. The number of carbonyl (C=O) groups is 2. The predicted octanol–water partition coefficient (Wildman–Crippen LogP) is 6.57. The maximum atomic E-state index is 13.6. The number of hydrogen-bond donors (Lipinski definition) is 1. The third-order valence-corrected chi connectivity index (χ3v) is 6.58. The van der Waals surface area contributed by atoms with Gasteiger partial charge in [-0.1, -0.05) is 84.9 Å². The van der Waals surface area contributed by atoms with Gasteiger partial charge in [0.15, 0.2) is 0 Å². The molecule has 1 aliphatic carbocycles. The summed E-state index contributed by atoms with van der Waals surface area (Å²) in [6.45, 7) is 9.31. The molecule has 0 heterocycles. The van der Waals surface area contributed by atoms with Gasteiger partial charge in [0, 0.05) is 12.8 Å². The Balaban J connectivity index is 1.82. The van der Waals surface area contributed by atoms with Crippen molar-refractivity contribution in [3.05, 3.63) is 108 Å². The largest absolute Gasteiger partial charge is 0.459 e. The van der Waals surface area contributed by atoms with Gasteiger partial charge in [-0.05, 0) is 61.4 Å². The Morgan fingerprint density at radius 3 is 2.00 bits per heavy atom. The molecular formula is C32H35NO3. The number of ether oxygens (including phenoxy) is 1. The van der Waals surface area contributed by atoms with E-state index in [4.69, 9.17) is 4.74 Å². The van der Waals surface area contributed by atoms with Gasteiger partial charge in [0.05, 0.1) is 5.54 Å². The number of ketones is 1. The van der Waals surface area contributed by atoms with Crippen LogP contribution in [0.2, 0.25) is 0 Å². The van der Waals surface area contributed by atoms with Crippen molar-refractivity contribution >= 4 is 11.8 Å². The number of carbonyl (C=O) groups excluding carboxylic acids is 2. The minimum absolute atomic E-state index is 0.117. The molecule has 0 aromatic heterocycles. The first-order valence-electron chi connectivity index (χ1n) is 12.6. The van der Waals surface area contributed by atoms with Crippen molar-refractivity contribution in [2.75, 3.05) is 0 Å². The second kappa shape index (κ2) is 10.6. The van der Waals surface area contributed by atoms with Gasteiger partial charge in [-0.3, -0.25) is 14.9 Å². The van der Waals surface area contributed by atoms with Gasteiger partial charge in [-0.2, -0.15) is 0 Å². The number of hydrogen-bond acceptors (Lipinski definition) is 4. The molecule has 4 nitrogen and oxygen atoms in total. The molecule has 1 atom stereocenters. The number of nitrogens with one attached hydrogen (secondary N) is 1. The fraction of sp³-hybridized carbons (Fsp3) is 0.312. The van der Waals surface area contributed by atoms with Crippen molar-refractivity contribution in [3.8, 4) is 11.1 Å². The number of fused-ring (bicyclic) bond motifs is 3. The van der Waals surface area contributed by atoms with Gasteiger partial charge in [-0.15, -0.1) is 6.58 Å². The van der Waals surface area contributed by atoms with E-state index in [2.05, 4.69) is 48.3 Å². The molecule has 186 valence electrons. The second-order valence-corrected chi connectivity index (χ2v) is 10.3. The third kappa shape index (κ3) is 5.19. The molecule has 0 radical (unpaired) electrons. The molecule has 4 rings (SSSR count). The molecule has 0 saturated heterocycles. The first kappa shape index (κ1) is 25.6. The highest BCUT2D eigenvalue weighted by atomic mass is 16.6. The highest BCUT2D eigenvalue weighted by Gasteiger charge is 2.47. The quantitative estimate of drug-likeness (QED) is 0.263. The number of esters is 1. The molecule has 0 saturated carbocycles. The highest BCUT2D eigenvalue weighted by Crippen LogP contribution is 2.51. The first-order valence-corrected chi connectivity index (χ1v) is 12.6. The molecule has 3 aromatic rings. The van der Waals surface area contributed by atoms with Crippen LogP contribution in [0.1, 0.15) is 63.1 Å². The molecule has 4 heteroatoms. The number of Topliss-reactive ketones (excluding diaryl/α,β-unsaturated/α-hetero) is 1. The molecule has 3 aromatic carbocycles. The van der Waals surface area contributed by atoms with E-state index >= 15 is 0 Å². The molecule has 0 fully saturated rings. The van der Waals surface area contributed by atoms with Gasteiger partial charge in [0.1, 0.15) is 17.4 Å². The normalized spacial score (nSPS) is 14.4. The summed E-state index contributed by atoms with van der Waals surface area (Å²) >= 11 is 0. The zero-order chi connectivity index (χ0) is 25.8. The minimum Gasteiger partial charge on any atom is -0.459 e. The Kier molecular flexibility index (Phi) is 7.56. The summed E-state index contributed by atoms with van der Waals surface area (Å²) < 4.78 is 5.85. The average molecular weight is 482 g/mol. The summed E-state index contributed by atoms with van der Waals surface area (Å²) in [4.78, 5) is 26.1. The van der Waals surface area contributed by atoms with Crippen LogP contribution in [0.3, 0.4) is 0 Å². The van der Waals surface area contributed by atoms with Crippen molar-refractivity contribution in [1.29, 1.82) is 0 Å². The zero-order valence-electron chi connectivity index (χ0n) is 21.4. The van der Waals surface area contributed by atoms with Crippen LogP contribution >= 0.6 is 0 Å².